The fourth-order valence-electron chi connectivity index (χ4n) is 2.23. The lowest BCUT2D eigenvalue weighted by molar-refractivity contribution is 0.0748. The van der Waals surface area contributed by atoms with Gasteiger partial charge in [-0.15, -0.1) is 0 Å². The van der Waals surface area contributed by atoms with Crippen molar-refractivity contribution < 1.29 is 9.53 Å². The molecule has 0 heterocycles. The van der Waals surface area contributed by atoms with E-state index in [9.17, 15) is 4.79 Å². The first-order chi connectivity index (χ1) is 10.3. The van der Waals surface area contributed by atoms with Crippen molar-refractivity contribution in [1.82, 2.24) is 4.90 Å². The minimum Gasteiger partial charge on any atom is -0.493 e. The zero-order chi connectivity index (χ0) is 15.1. The van der Waals surface area contributed by atoms with E-state index in [1.165, 1.54) is 0 Å². The standard InChI is InChI=1S/C18H21NO2/c1-3-19(14-15-10-6-5-7-11-15)18(20)16-12-8-9-13-17(16)21-4-2/h5-13H,3-4,14H2,1-2H3. The van der Waals surface area contributed by atoms with Crippen LogP contribution in [0.25, 0.3) is 0 Å². The molecule has 0 saturated carbocycles. The van der Waals surface area contributed by atoms with Crippen LogP contribution in [0.3, 0.4) is 0 Å². The van der Waals surface area contributed by atoms with Crippen molar-refractivity contribution in [2.75, 3.05) is 13.2 Å². The van der Waals surface area contributed by atoms with Crippen molar-refractivity contribution in [3.8, 4) is 5.75 Å². The van der Waals surface area contributed by atoms with Crippen LogP contribution in [0, 0.1) is 0 Å². The van der Waals surface area contributed by atoms with E-state index in [-0.39, 0.29) is 5.91 Å². The van der Waals surface area contributed by atoms with E-state index in [1.54, 1.807) is 0 Å². The fraction of sp³-hybridized carbons (Fsp3) is 0.278. The number of benzene rings is 2. The maximum atomic E-state index is 12.7. The number of carbonyl (C=O) groups excluding carboxylic acids is 1. The third-order valence-electron chi connectivity index (χ3n) is 3.30. The Balaban J connectivity index is 2.20. The zero-order valence-electron chi connectivity index (χ0n) is 12.6. The summed E-state index contributed by atoms with van der Waals surface area (Å²) >= 11 is 0. The molecule has 2 aromatic rings. The van der Waals surface area contributed by atoms with Gasteiger partial charge in [0, 0.05) is 13.1 Å². The van der Waals surface area contributed by atoms with Gasteiger partial charge in [-0.25, -0.2) is 0 Å². The highest BCUT2D eigenvalue weighted by Gasteiger charge is 2.18. The molecule has 0 aromatic heterocycles. The number of para-hydroxylation sites is 1. The van der Waals surface area contributed by atoms with Gasteiger partial charge in [0.25, 0.3) is 5.91 Å². The Morgan fingerprint density at radius 2 is 1.67 bits per heavy atom. The second-order valence-electron chi connectivity index (χ2n) is 4.73. The summed E-state index contributed by atoms with van der Waals surface area (Å²) in [5.41, 5.74) is 1.75. The number of rotatable bonds is 6. The first kappa shape index (κ1) is 15.1. The molecule has 0 aliphatic heterocycles. The predicted octanol–water partition coefficient (Wildman–Crippen LogP) is 3.75. The van der Waals surface area contributed by atoms with Gasteiger partial charge < -0.3 is 9.64 Å². The first-order valence-corrected chi connectivity index (χ1v) is 7.31. The van der Waals surface area contributed by atoms with Crippen molar-refractivity contribution in [3.63, 3.8) is 0 Å². The Bertz CT molecular complexity index is 581. The summed E-state index contributed by atoms with van der Waals surface area (Å²) in [6.45, 7) is 5.73. The summed E-state index contributed by atoms with van der Waals surface area (Å²) in [6.07, 6.45) is 0. The molecule has 21 heavy (non-hydrogen) atoms. The maximum Gasteiger partial charge on any atom is 0.257 e. The Kier molecular flexibility index (Phi) is 5.38. The molecule has 2 rings (SSSR count). The van der Waals surface area contributed by atoms with E-state index in [0.29, 0.717) is 31.0 Å². The van der Waals surface area contributed by atoms with Gasteiger partial charge >= 0.3 is 0 Å². The Hall–Kier alpha value is -2.29. The van der Waals surface area contributed by atoms with Crippen molar-refractivity contribution in [2.24, 2.45) is 0 Å². The van der Waals surface area contributed by atoms with Crippen LogP contribution in [0.4, 0.5) is 0 Å². The normalized spacial score (nSPS) is 10.2. The average Bonchev–Trinajstić information content (AvgIpc) is 2.54. The SMILES string of the molecule is CCOc1ccccc1C(=O)N(CC)Cc1ccccc1. The van der Waals surface area contributed by atoms with Crippen molar-refractivity contribution in [2.45, 2.75) is 20.4 Å². The Labute approximate surface area is 126 Å². The van der Waals surface area contributed by atoms with Gasteiger partial charge in [0.05, 0.1) is 12.2 Å². The molecular weight excluding hydrogens is 262 g/mol. The molecule has 1 amide bonds. The monoisotopic (exact) mass is 283 g/mol. The van der Waals surface area contributed by atoms with Crippen LogP contribution in [0.2, 0.25) is 0 Å². The molecule has 0 aliphatic rings. The number of carbonyl (C=O) groups is 1. The van der Waals surface area contributed by atoms with Crippen LogP contribution in [0.1, 0.15) is 29.8 Å². The topological polar surface area (TPSA) is 29.5 Å². The Morgan fingerprint density at radius 1 is 1.00 bits per heavy atom. The van der Waals surface area contributed by atoms with Crippen LogP contribution in [-0.2, 0) is 6.54 Å². The van der Waals surface area contributed by atoms with Gasteiger partial charge in [0.2, 0.25) is 0 Å². The molecule has 110 valence electrons. The van der Waals surface area contributed by atoms with Gasteiger partial charge in [0.1, 0.15) is 5.75 Å². The van der Waals surface area contributed by atoms with E-state index in [1.807, 2.05) is 73.3 Å². The summed E-state index contributed by atoms with van der Waals surface area (Å²) in [6, 6.07) is 17.4. The lowest BCUT2D eigenvalue weighted by atomic mass is 10.1. The molecule has 0 aliphatic carbocycles. The molecule has 3 nitrogen and oxygen atoms in total. The highest BCUT2D eigenvalue weighted by atomic mass is 16.5. The van der Waals surface area contributed by atoms with E-state index in [0.717, 1.165) is 5.56 Å². The molecule has 2 aromatic carbocycles. The molecule has 0 radical (unpaired) electrons. The van der Waals surface area contributed by atoms with Crippen LogP contribution in [0.5, 0.6) is 5.75 Å². The van der Waals surface area contributed by atoms with Crippen LogP contribution in [-0.4, -0.2) is 24.0 Å². The Morgan fingerprint density at radius 3 is 2.33 bits per heavy atom. The fourth-order valence-corrected chi connectivity index (χ4v) is 2.23. The molecule has 0 atom stereocenters. The molecule has 0 spiro atoms. The quantitative estimate of drug-likeness (QED) is 0.808. The third kappa shape index (κ3) is 3.85. The first-order valence-electron chi connectivity index (χ1n) is 7.31. The highest BCUT2D eigenvalue weighted by Crippen LogP contribution is 2.20. The molecule has 0 saturated heterocycles. The second kappa shape index (κ2) is 7.48. The predicted molar refractivity (Wildman–Crippen MR) is 84.5 cm³/mol. The third-order valence-corrected chi connectivity index (χ3v) is 3.30. The summed E-state index contributed by atoms with van der Waals surface area (Å²) < 4.78 is 5.56. The molecule has 0 N–H and O–H groups in total. The highest BCUT2D eigenvalue weighted by molar-refractivity contribution is 5.96. The number of nitrogens with zero attached hydrogens (tertiary/aromatic N) is 1. The van der Waals surface area contributed by atoms with Crippen LogP contribution in [0.15, 0.2) is 54.6 Å². The molecular formula is C18H21NO2. The summed E-state index contributed by atoms with van der Waals surface area (Å²) in [4.78, 5) is 14.5. The number of amides is 1. The minimum absolute atomic E-state index is 0.00500. The number of hydrogen-bond donors (Lipinski definition) is 0. The number of ether oxygens (including phenoxy) is 1. The largest absolute Gasteiger partial charge is 0.493 e. The van der Waals surface area contributed by atoms with Crippen LogP contribution < -0.4 is 4.74 Å². The molecule has 3 heteroatoms. The zero-order valence-corrected chi connectivity index (χ0v) is 12.6. The van der Waals surface area contributed by atoms with Gasteiger partial charge in [0.15, 0.2) is 0 Å². The van der Waals surface area contributed by atoms with Crippen molar-refractivity contribution >= 4 is 5.91 Å². The summed E-state index contributed by atoms with van der Waals surface area (Å²) in [5.74, 6) is 0.655. The molecule has 0 unspecified atom stereocenters. The second-order valence-corrected chi connectivity index (χ2v) is 4.73. The molecule has 0 fully saturated rings. The van der Waals surface area contributed by atoms with E-state index in [4.69, 9.17) is 4.74 Å². The lowest BCUT2D eigenvalue weighted by Crippen LogP contribution is -2.30. The van der Waals surface area contributed by atoms with E-state index < -0.39 is 0 Å². The van der Waals surface area contributed by atoms with Crippen molar-refractivity contribution in [1.29, 1.82) is 0 Å². The van der Waals surface area contributed by atoms with Gasteiger partial charge in [-0.3, -0.25) is 4.79 Å². The molecule has 0 bridgehead atoms. The van der Waals surface area contributed by atoms with Crippen LogP contribution >= 0.6 is 0 Å². The van der Waals surface area contributed by atoms with Crippen molar-refractivity contribution in [3.05, 3.63) is 65.7 Å². The maximum absolute atomic E-state index is 12.7. The van der Waals surface area contributed by atoms with Gasteiger partial charge in [-0.2, -0.15) is 0 Å². The van der Waals surface area contributed by atoms with E-state index in [2.05, 4.69) is 0 Å². The lowest BCUT2D eigenvalue weighted by Gasteiger charge is -2.22. The summed E-state index contributed by atoms with van der Waals surface area (Å²) in [7, 11) is 0. The minimum atomic E-state index is 0.00500. The smallest absolute Gasteiger partial charge is 0.257 e. The number of hydrogen-bond acceptors (Lipinski definition) is 2. The van der Waals surface area contributed by atoms with Gasteiger partial charge in [-0.1, -0.05) is 42.5 Å². The average molecular weight is 283 g/mol. The van der Waals surface area contributed by atoms with E-state index >= 15 is 0 Å². The summed E-state index contributed by atoms with van der Waals surface area (Å²) in [5, 5.41) is 0. The van der Waals surface area contributed by atoms with Gasteiger partial charge in [-0.05, 0) is 31.5 Å².